The van der Waals surface area contributed by atoms with Crippen molar-refractivity contribution >= 4 is 21.4 Å². The van der Waals surface area contributed by atoms with Gasteiger partial charge in [0.05, 0.1) is 7.11 Å². The van der Waals surface area contributed by atoms with Gasteiger partial charge in [0.15, 0.2) is 0 Å². The maximum atomic E-state index is 5.26. The van der Waals surface area contributed by atoms with Crippen LogP contribution in [0.5, 0.6) is 5.75 Å². The number of fused-ring (bicyclic) bond motifs is 1. The predicted octanol–water partition coefficient (Wildman–Crippen LogP) is 4.50. The van der Waals surface area contributed by atoms with Crippen LogP contribution in [0.15, 0.2) is 54.6 Å². The highest BCUT2D eigenvalue weighted by molar-refractivity contribution is 7.19. The molecule has 0 fully saturated rings. The molecule has 1 aromatic heterocycles. The van der Waals surface area contributed by atoms with Crippen molar-refractivity contribution in [1.29, 1.82) is 0 Å². The molecule has 0 aliphatic carbocycles. The molecule has 0 N–H and O–H groups in total. The summed E-state index contributed by atoms with van der Waals surface area (Å²) in [6.07, 6.45) is 1.00. The first-order valence-corrected chi connectivity index (χ1v) is 6.77. The van der Waals surface area contributed by atoms with Crippen LogP contribution in [-0.2, 0) is 6.42 Å². The van der Waals surface area contributed by atoms with Crippen molar-refractivity contribution in [3.8, 4) is 5.75 Å². The molecule has 0 aliphatic heterocycles. The Hall–Kier alpha value is -1.80. The summed E-state index contributed by atoms with van der Waals surface area (Å²) in [6.45, 7) is 0. The molecular formula is C16H14OS. The maximum Gasteiger partial charge on any atom is 0.120 e. The second-order valence-electron chi connectivity index (χ2n) is 4.28. The minimum Gasteiger partial charge on any atom is -0.497 e. The summed E-state index contributed by atoms with van der Waals surface area (Å²) in [5, 5.41) is 1.30. The van der Waals surface area contributed by atoms with E-state index in [2.05, 4.69) is 48.5 Å². The second-order valence-corrected chi connectivity index (χ2v) is 5.45. The van der Waals surface area contributed by atoms with Gasteiger partial charge in [0.1, 0.15) is 5.75 Å². The van der Waals surface area contributed by atoms with Crippen LogP contribution in [-0.4, -0.2) is 7.11 Å². The van der Waals surface area contributed by atoms with E-state index in [1.165, 1.54) is 20.5 Å². The SMILES string of the molecule is COc1ccc2cc(Cc3ccccc3)sc2c1. The molecule has 90 valence electrons. The smallest absolute Gasteiger partial charge is 0.120 e. The Balaban J connectivity index is 1.94. The molecule has 3 aromatic rings. The first-order valence-electron chi connectivity index (χ1n) is 5.95. The van der Waals surface area contributed by atoms with Gasteiger partial charge in [0.25, 0.3) is 0 Å². The van der Waals surface area contributed by atoms with Gasteiger partial charge in [0.2, 0.25) is 0 Å². The summed E-state index contributed by atoms with van der Waals surface area (Å²) in [4.78, 5) is 1.39. The van der Waals surface area contributed by atoms with E-state index in [0.29, 0.717) is 0 Å². The van der Waals surface area contributed by atoms with E-state index in [1.807, 2.05) is 17.4 Å². The molecule has 2 heteroatoms. The largest absolute Gasteiger partial charge is 0.497 e. The summed E-state index contributed by atoms with van der Waals surface area (Å²) < 4.78 is 6.55. The van der Waals surface area contributed by atoms with E-state index in [9.17, 15) is 0 Å². The molecule has 0 unspecified atom stereocenters. The van der Waals surface area contributed by atoms with Crippen LogP contribution in [0.25, 0.3) is 10.1 Å². The van der Waals surface area contributed by atoms with Crippen molar-refractivity contribution in [2.24, 2.45) is 0 Å². The molecule has 3 rings (SSSR count). The number of thiophene rings is 1. The fourth-order valence-electron chi connectivity index (χ4n) is 2.08. The summed E-state index contributed by atoms with van der Waals surface area (Å²) in [6, 6.07) is 19.1. The lowest BCUT2D eigenvalue weighted by Gasteiger charge is -1.97. The molecule has 0 bridgehead atoms. The van der Waals surface area contributed by atoms with E-state index >= 15 is 0 Å². The molecule has 0 spiro atoms. The zero-order chi connectivity index (χ0) is 12.4. The van der Waals surface area contributed by atoms with Crippen molar-refractivity contribution in [2.45, 2.75) is 6.42 Å². The normalized spacial score (nSPS) is 10.7. The lowest BCUT2D eigenvalue weighted by Crippen LogP contribution is -1.81. The molecule has 0 atom stereocenters. The van der Waals surface area contributed by atoms with Gasteiger partial charge in [-0.1, -0.05) is 30.3 Å². The minimum absolute atomic E-state index is 0.926. The maximum absolute atomic E-state index is 5.26. The number of ether oxygens (including phenoxy) is 1. The summed E-state index contributed by atoms with van der Waals surface area (Å²) >= 11 is 1.84. The molecule has 1 heterocycles. The van der Waals surface area contributed by atoms with Gasteiger partial charge >= 0.3 is 0 Å². The average Bonchev–Trinajstić information content (AvgIpc) is 2.80. The Kier molecular flexibility index (Phi) is 3.03. The molecular weight excluding hydrogens is 240 g/mol. The molecule has 0 radical (unpaired) electrons. The van der Waals surface area contributed by atoms with Crippen LogP contribution < -0.4 is 4.74 Å². The van der Waals surface area contributed by atoms with Crippen molar-refractivity contribution in [3.63, 3.8) is 0 Å². The third-order valence-corrected chi connectivity index (χ3v) is 4.10. The van der Waals surface area contributed by atoms with E-state index in [4.69, 9.17) is 4.74 Å². The fraction of sp³-hybridized carbons (Fsp3) is 0.125. The quantitative estimate of drug-likeness (QED) is 0.668. The highest BCUT2D eigenvalue weighted by atomic mass is 32.1. The molecule has 0 saturated heterocycles. The average molecular weight is 254 g/mol. The van der Waals surface area contributed by atoms with Gasteiger partial charge in [-0.15, -0.1) is 11.3 Å². The van der Waals surface area contributed by atoms with Crippen LogP contribution in [0.1, 0.15) is 10.4 Å². The van der Waals surface area contributed by atoms with Gasteiger partial charge in [0, 0.05) is 16.0 Å². The van der Waals surface area contributed by atoms with Crippen LogP contribution in [0.3, 0.4) is 0 Å². The minimum atomic E-state index is 0.926. The Morgan fingerprint density at radius 1 is 1.00 bits per heavy atom. The zero-order valence-electron chi connectivity index (χ0n) is 10.2. The Bertz CT molecular complexity index is 655. The number of rotatable bonds is 3. The van der Waals surface area contributed by atoms with Crippen molar-refractivity contribution in [2.75, 3.05) is 7.11 Å². The lowest BCUT2D eigenvalue weighted by molar-refractivity contribution is 0.415. The molecule has 18 heavy (non-hydrogen) atoms. The second kappa shape index (κ2) is 4.83. The Morgan fingerprint density at radius 3 is 2.61 bits per heavy atom. The topological polar surface area (TPSA) is 9.23 Å². The van der Waals surface area contributed by atoms with Crippen LogP contribution >= 0.6 is 11.3 Å². The van der Waals surface area contributed by atoms with Crippen molar-refractivity contribution < 1.29 is 4.74 Å². The standard InChI is InChI=1S/C16H14OS/c1-17-14-8-7-13-10-15(18-16(13)11-14)9-12-5-3-2-4-6-12/h2-8,10-11H,9H2,1H3. The number of benzene rings is 2. The third kappa shape index (κ3) is 2.24. The lowest BCUT2D eigenvalue weighted by atomic mass is 10.1. The van der Waals surface area contributed by atoms with Gasteiger partial charge in [-0.3, -0.25) is 0 Å². The number of hydrogen-bond donors (Lipinski definition) is 0. The third-order valence-electron chi connectivity index (χ3n) is 3.00. The highest BCUT2D eigenvalue weighted by Crippen LogP contribution is 2.30. The summed E-state index contributed by atoms with van der Waals surface area (Å²) in [7, 11) is 1.71. The monoisotopic (exact) mass is 254 g/mol. The Labute approximate surface area is 111 Å². The van der Waals surface area contributed by atoms with Crippen LogP contribution in [0.4, 0.5) is 0 Å². The molecule has 0 aliphatic rings. The van der Waals surface area contributed by atoms with Gasteiger partial charge in [-0.25, -0.2) is 0 Å². The molecule has 0 amide bonds. The molecule has 2 aromatic carbocycles. The van der Waals surface area contributed by atoms with Gasteiger partial charge in [-0.2, -0.15) is 0 Å². The van der Waals surface area contributed by atoms with E-state index in [0.717, 1.165) is 12.2 Å². The number of methoxy groups -OCH3 is 1. The molecule has 0 saturated carbocycles. The first kappa shape index (κ1) is 11.3. The van der Waals surface area contributed by atoms with E-state index < -0.39 is 0 Å². The van der Waals surface area contributed by atoms with Crippen LogP contribution in [0.2, 0.25) is 0 Å². The van der Waals surface area contributed by atoms with Crippen molar-refractivity contribution in [3.05, 3.63) is 65.0 Å². The first-order chi connectivity index (χ1) is 8.85. The zero-order valence-corrected chi connectivity index (χ0v) is 11.0. The fourth-order valence-corrected chi connectivity index (χ4v) is 3.20. The van der Waals surface area contributed by atoms with Crippen molar-refractivity contribution in [1.82, 2.24) is 0 Å². The van der Waals surface area contributed by atoms with E-state index in [-0.39, 0.29) is 0 Å². The molecule has 1 nitrogen and oxygen atoms in total. The summed E-state index contributed by atoms with van der Waals surface area (Å²) in [5.74, 6) is 0.926. The van der Waals surface area contributed by atoms with Gasteiger partial charge in [-0.05, 0) is 35.2 Å². The highest BCUT2D eigenvalue weighted by Gasteiger charge is 2.04. The van der Waals surface area contributed by atoms with Gasteiger partial charge < -0.3 is 4.74 Å². The Morgan fingerprint density at radius 2 is 1.83 bits per heavy atom. The summed E-state index contributed by atoms with van der Waals surface area (Å²) in [5.41, 5.74) is 1.36. The van der Waals surface area contributed by atoms with E-state index in [1.54, 1.807) is 7.11 Å². The number of hydrogen-bond acceptors (Lipinski definition) is 2. The predicted molar refractivity (Wildman–Crippen MR) is 77.6 cm³/mol. The van der Waals surface area contributed by atoms with Crippen LogP contribution in [0, 0.1) is 0 Å².